The zero-order valence-electron chi connectivity index (χ0n) is 9.34. The molecule has 1 heterocycles. The standard InChI is InChI=1S/C11H4F6NO2/c12-10(13,14)7-2-1-6(3-8(7)11(15,16)17)20-9-4-19-5-18-9/h1-4H. The quantitative estimate of drug-likeness (QED) is 0.775. The number of ether oxygens (including phenoxy) is 1. The van der Waals surface area contributed by atoms with Gasteiger partial charge in [0.15, 0.2) is 6.26 Å². The van der Waals surface area contributed by atoms with Crippen molar-refractivity contribution in [3.63, 3.8) is 0 Å². The highest BCUT2D eigenvalue weighted by Gasteiger charge is 2.43. The topological polar surface area (TPSA) is 35.3 Å². The normalized spacial score (nSPS) is 12.5. The number of hydrogen-bond donors (Lipinski definition) is 0. The molecule has 0 saturated heterocycles. The molecular weight excluding hydrogens is 292 g/mol. The fourth-order valence-electron chi connectivity index (χ4n) is 1.41. The van der Waals surface area contributed by atoms with Crippen LogP contribution in [-0.4, -0.2) is 4.98 Å². The third-order valence-electron chi connectivity index (χ3n) is 2.19. The Kier molecular flexibility index (Phi) is 3.36. The number of nitrogens with zero attached hydrogens (tertiary/aromatic N) is 1. The summed E-state index contributed by atoms with van der Waals surface area (Å²) in [4.78, 5) is 3.36. The van der Waals surface area contributed by atoms with Crippen LogP contribution >= 0.6 is 0 Å². The van der Waals surface area contributed by atoms with Crippen LogP contribution in [0.2, 0.25) is 0 Å². The van der Waals surface area contributed by atoms with Crippen molar-refractivity contribution in [1.82, 2.24) is 4.98 Å². The summed E-state index contributed by atoms with van der Waals surface area (Å²) < 4.78 is 84.7. The van der Waals surface area contributed by atoms with Gasteiger partial charge in [-0.15, -0.1) is 0 Å². The monoisotopic (exact) mass is 296 g/mol. The highest BCUT2D eigenvalue weighted by Crippen LogP contribution is 2.42. The lowest BCUT2D eigenvalue weighted by Crippen LogP contribution is -2.16. The van der Waals surface area contributed by atoms with Crippen LogP contribution in [0, 0.1) is 6.39 Å². The first-order valence-corrected chi connectivity index (χ1v) is 4.96. The van der Waals surface area contributed by atoms with Crippen LogP contribution < -0.4 is 4.74 Å². The number of oxazole rings is 1. The summed E-state index contributed by atoms with van der Waals surface area (Å²) in [6.45, 7) is 0. The second kappa shape index (κ2) is 4.73. The maximum atomic E-state index is 12.6. The SMILES string of the molecule is FC(F)(F)c1ccc(Oc2co[c]n2)cc1C(F)(F)F. The molecule has 0 saturated carbocycles. The number of benzene rings is 1. The number of hydrogen-bond acceptors (Lipinski definition) is 3. The third-order valence-corrected chi connectivity index (χ3v) is 2.19. The van der Waals surface area contributed by atoms with Crippen LogP contribution in [0.5, 0.6) is 11.6 Å². The molecule has 0 aliphatic rings. The summed E-state index contributed by atoms with van der Waals surface area (Å²) in [7, 11) is 0. The van der Waals surface area contributed by atoms with Crippen LogP contribution in [0.25, 0.3) is 0 Å². The number of halogens is 6. The summed E-state index contributed by atoms with van der Waals surface area (Å²) in [5.41, 5.74) is -3.63. The van der Waals surface area contributed by atoms with E-state index < -0.39 is 29.2 Å². The van der Waals surface area contributed by atoms with Crippen LogP contribution in [-0.2, 0) is 12.4 Å². The maximum Gasteiger partial charge on any atom is 0.417 e. The molecule has 0 aliphatic carbocycles. The Hall–Kier alpha value is -2.19. The summed E-state index contributed by atoms with van der Waals surface area (Å²) >= 11 is 0. The van der Waals surface area contributed by atoms with E-state index in [2.05, 4.69) is 9.40 Å². The van der Waals surface area contributed by atoms with E-state index in [4.69, 9.17) is 4.74 Å². The van der Waals surface area contributed by atoms with Crippen molar-refractivity contribution in [2.24, 2.45) is 0 Å². The van der Waals surface area contributed by atoms with Crippen LogP contribution in [0.4, 0.5) is 26.3 Å². The van der Waals surface area contributed by atoms with Crippen molar-refractivity contribution in [2.75, 3.05) is 0 Å². The van der Waals surface area contributed by atoms with E-state index in [0.717, 1.165) is 12.3 Å². The third kappa shape index (κ3) is 3.03. The van der Waals surface area contributed by atoms with Gasteiger partial charge in [-0.1, -0.05) is 0 Å². The summed E-state index contributed by atoms with van der Waals surface area (Å²) in [5.74, 6) is -0.675. The minimum absolute atomic E-state index is 0.224. The molecule has 0 atom stereocenters. The molecule has 2 rings (SSSR count). The van der Waals surface area contributed by atoms with Crippen molar-refractivity contribution >= 4 is 0 Å². The molecule has 1 aromatic carbocycles. The first kappa shape index (κ1) is 14.2. The van der Waals surface area contributed by atoms with Gasteiger partial charge in [0.05, 0.1) is 11.1 Å². The van der Waals surface area contributed by atoms with Gasteiger partial charge in [-0.25, -0.2) is 0 Å². The smallest absolute Gasteiger partial charge is 0.417 e. The van der Waals surface area contributed by atoms with Crippen molar-refractivity contribution < 1.29 is 35.5 Å². The number of aromatic nitrogens is 1. The van der Waals surface area contributed by atoms with Crippen molar-refractivity contribution in [1.29, 1.82) is 0 Å². The zero-order valence-corrected chi connectivity index (χ0v) is 9.34. The van der Waals surface area contributed by atoms with Gasteiger partial charge in [-0.3, -0.25) is 0 Å². The Morgan fingerprint density at radius 1 is 1.00 bits per heavy atom. The van der Waals surface area contributed by atoms with Gasteiger partial charge in [0, 0.05) is 0 Å². The molecule has 0 unspecified atom stereocenters. The summed E-state index contributed by atoms with van der Waals surface area (Å²) in [6, 6.07) is 1.30. The second-order valence-corrected chi connectivity index (χ2v) is 3.58. The molecule has 0 amide bonds. The molecule has 9 heteroatoms. The van der Waals surface area contributed by atoms with E-state index in [9.17, 15) is 26.3 Å². The zero-order chi connectivity index (χ0) is 15.0. The Balaban J connectivity index is 2.44. The maximum absolute atomic E-state index is 12.6. The van der Waals surface area contributed by atoms with Gasteiger partial charge in [0.25, 0.3) is 12.3 Å². The Morgan fingerprint density at radius 3 is 2.15 bits per heavy atom. The molecule has 1 radical (unpaired) electrons. The molecule has 0 bridgehead atoms. The van der Waals surface area contributed by atoms with Crippen molar-refractivity contribution in [2.45, 2.75) is 12.4 Å². The molecular formula is C11H4F6NO2. The van der Waals surface area contributed by atoms with E-state index in [1.807, 2.05) is 6.39 Å². The molecule has 3 nitrogen and oxygen atoms in total. The fourth-order valence-corrected chi connectivity index (χ4v) is 1.41. The predicted octanol–water partition coefficient (Wildman–Crippen LogP) is 4.30. The first-order valence-electron chi connectivity index (χ1n) is 4.96. The Bertz CT molecular complexity index is 588. The highest BCUT2D eigenvalue weighted by atomic mass is 19.4. The van der Waals surface area contributed by atoms with Crippen LogP contribution in [0.1, 0.15) is 11.1 Å². The molecule has 0 spiro atoms. The van der Waals surface area contributed by atoms with Gasteiger partial charge in [0.1, 0.15) is 5.75 Å². The number of rotatable bonds is 2. The molecule has 20 heavy (non-hydrogen) atoms. The molecule has 1 aromatic heterocycles. The van der Waals surface area contributed by atoms with Gasteiger partial charge in [0.2, 0.25) is 0 Å². The molecule has 107 valence electrons. The van der Waals surface area contributed by atoms with E-state index in [1.54, 1.807) is 0 Å². The average Bonchev–Trinajstić information content (AvgIpc) is 2.79. The fraction of sp³-hybridized carbons (Fsp3) is 0.182. The molecule has 2 aromatic rings. The Morgan fingerprint density at radius 2 is 1.65 bits per heavy atom. The van der Waals surface area contributed by atoms with Gasteiger partial charge < -0.3 is 9.15 Å². The van der Waals surface area contributed by atoms with Crippen LogP contribution in [0.15, 0.2) is 28.9 Å². The summed E-state index contributed by atoms with van der Waals surface area (Å²) in [6.07, 6.45) is -7.37. The second-order valence-electron chi connectivity index (χ2n) is 3.58. The van der Waals surface area contributed by atoms with Crippen molar-refractivity contribution in [3.8, 4) is 11.6 Å². The lowest BCUT2D eigenvalue weighted by atomic mass is 10.1. The van der Waals surface area contributed by atoms with Gasteiger partial charge in [-0.05, 0) is 18.2 Å². The van der Waals surface area contributed by atoms with E-state index in [0.29, 0.717) is 6.07 Å². The highest BCUT2D eigenvalue weighted by molar-refractivity contribution is 5.40. The van der Waals surface area contributed by atoms with E-state index in [1.165, 1.54) is 0 Å². The lowest BCUT2D eigenvalue weighted by molar-refractivity contribution is -0.162. The lowest BCUT2D eigenvalue weighted by Gasteiger charge is -2.16. The van der Waals surface area contributed by atoms with E-state index in [-0.39, 0.29) is 11.9 Å². The molecule has 0 fully saturated rings. The minimum atomic E-state index is -5.17. The Labute approximate surface area is 107 Å². The first-order chi connectivity index (χ1) is 9.18. The molecule has 0 aliphatic heterocycles. The van der Waals surface area contributed by atoms with Crippen molar-refractivity contribution in [3.05, 3.63) is 42.0 Å². The number of alkyl halides is 6. The summed E-state index contributed by atoms with van der Waals surface area (Å²) in [5, 5.41) is 0. The van der Waals surface area contributed by atoms with E-state index >= 15 is 0 Å². The minimum Gasteiger partial charge on any atom is -0.437 e. The largest absolute Gasteiger partial charge is 0.437 e. The van der Waals surface area contributed by atoms with Gasteiger partial charge >= 0.3 is 12.4 Å². The molecule has 0 N–H and O–H groups in total. The van der Waals surface area contributed by atoms with Crippen LogP contribution in [0.3, 0.4) is 0 Å². The average molecular weight is 296 g/mol. The van der Waals surface area contributed by atoms with Gasteiger partial charge in [-0.2, -0.15) is 31.3 Å². The predicted molar refractivity (Wildman–Crippen MR) is 51.9 cm³/mol.